The number of quaternary nitrogens is 2. The van der Waals surface area contributed by atoms with Gasteiger partial charge in [-0.15, -0.1) is 11.3 Å². The van der Waals surface area contributed by atoms with Crippen LogP contribution in [0.3, 0.4) is 0 Å². The number of rotatable bonds is 6. The minimum absolute atomic E-state index is 0.0203. The van der Waals surface area contributed by atoms with Crippen molar-refractivity contribution in [3.05, 3.63) is 58.3 Å². The molecule has 0 bridgehead atoms. The van der Waals surface area contributed by atoms with Crippen LogP contribution >= 0.6 is 11.3 Å². The highest BCUT2D eigenvalue weighted by Gasteiger charge is 2.35. The van der Waals surface area contributed by atoms with E-state index < -0.39 is 0 Å². The Hall–Kier alpha value is -1.69. The molecule has 0 spiro atoms. The molecular weight excluding hydrogens is 330 g/mol. The zero-order valence-electron chi connectivity index (χ0n) is 15.1. The summed E-state index contributed by atoms with van der Waals surface area (Å²) in [6.45, 7) is 10.4. The van der Waals surface area contributed by atoms with Crippen LogP contribution in [0, 0.1) is 0 Å². The minimum Gasteiger partial charge on any atom is -0.343 e. The molecule has 2 aromatic rings. The number of nitrogens with one attached hydrogen (secondary N) is 3. The molecule has 1 aromatic heterocycles. The summed E-state index contributed by atoms with van der Waals surface area (Å²) in [7, 11) is 0. The van der Waals surface area contributed by atoms with Crippen LogP contribution in [-0.4, -0.2) is 44.7 Å². The summed E-state index contributed by atoms with van der Waals surface area (Å²) in [5.74, 6) is 0.0203. The van der Waals surface area contributed by atoms with Crippen LogP contribution < -0.4 is 15.1 Å². The van der Waals surface area contributed by atoms with Crippen molar-refractivity contribution in [2.75, 3.05) is 32.7 Å². The quantitative estimate of drug-likeness (QED) is 0.687. The molecule has 2 heterocycles. The summed E-state index contributed by atoms with van der Waals surface area (Å²) in [5, 5.41) is 5.39. The zero-order valence-corrected chi connectivity index (χ0v) is 15.9. The molecule has 1 aliphatic rings. The monoisotopic (exact) mass is 359 g/mol. The molecule has 4 nitrogen and oxygen atoms in total. The number of benzene rings is 1. The molecule has 3 rings (SSSR count). The van der Waals surface area contributed by atoms with E-state index in [-0.39, 0.29) is 11.9 Å². The molecule has 3 N–H and O–H groups in total. The first kappa shape index (κ1) is 18.1. The predicted octanol–water partition coefficient (Wildman–Crippen LogP) is 0.411. The Labute approximate surface area is 154 Å². The topological polar surface area (TPSA) is 38.0 Å². The number of likely N-dealkylation sites (N-methyl/N-ethyl adjacent to an activating group) is 1. The van der Waals surface area contributed by atoms with Crippen LogP contribution in [0.2, 0.25) is 0 Å². The third-order valence-electron chi connectivity index (χ3n) is 5.28. The van der Waals surface area contributed by atoms with E-state index in [1.165, 1.54) is 24.5 Å². The van der Waals surface area contributed by atoms with Crippen LogP contribution in [0.1, 0.15) is 35.1 Å². The predicted molar refractivity (Wildman–Crippen MR) is 102 cm³/mol. The van der Waals surface area contributed by atoms with Gasteiger partial charge in [0.05, 0.1) is 17.5 Å². The van der Waals surface area contributed by atoms with Gasteiger partial charge in [-0.25, -0.2) is 0 Å². The van der Waals surface area contributed by atoms with Gasteiger partial charge < -0.3 is 15.1 Å². The summed E-state index contributed by atoms with van der Waals surface area (Å²) in [6, 6.07) is 14.3. The molecular formula is C20H29N3OS+2. The van der Waals surface area contributed by atoms with E-state index >= 15 is 0 Å². The fraction of sp³-hybridized carbons (Fsp3) is 0.450. The van der Waals surface area contributed by atoms with Crippen molar-refractivity contribution in [3.8, 4) is 0 Å². The summed E-state index contributed by atoms with van der Waals surface area (Å²) >= 11 is 1.80. The maximum Gasteiger partial charge on any atom is 0.251 e. The van der Waals surface area contributed by atoms with E-state index in [2.05, 4.69) is 36.7 Å². The second-order valence-corrected chi connectivity index (χ2v) is 7.86. The molecule has 25 heavy (non-hydrogen) atoms. The van der Waals surface area contributed by atoms with E-state index in [1.807, 2.05) is 30.3 Å². The number of thiophene rings is 1. The largest absolute Gasteiger partial charge is 0.343 e. The number of carbonyl (C=O) groups is 1. The van der Waals surface area contributed by atoms with Gasteiger partial charge in [0.2, 0.25) is 0 Å². The maximum absolute atomic E-state index is 12.6. The van der Waals surface area contributed by atoms with Gasteiger partial charge in [-0.1, -0.05) is 24.3 Å². The number of hydrogen-bond acceptors (Lipinski definition) is 2. The molecule has 1 saturated heterocycles. The van der Waals surface area contributed by atoms with Gasteiger partial charge in [0.1, 0.15) is 32.2 Å². The van der Waals surface area contributed by atoms with Crippen LogP contribution in [0.25, 0.3) is 0 Å². The maximum atomic E-state index is 12.6. The zero-order chi connectivity index (χ0) is 17.6. The normalized spacial score (nSPS) is 23.0. The van der Waals surface area contributed by atoms with E-state index in [4.69, 9.17) is 0 Å². The highest BCUT2D eigenvalue weighted by atomic mass is 32.1. The molecule has 1 aromatic carbocycles. The van der Waals surface area contributed by atoms with E-state index in [9.17, 15) is 4.79 Å². The standard InChI is InChI=1S/C20H27N3OS/c1-3-22-11-13-23(14-12-22)19(18-10-7-15-25-18)16(2)21-20(24)17-8-5-4-6-9-17/h4-10,15-16,19H,3,11-14H2,1-2H3,(H,21,24)/p+2/t16-,19+/m1/s1. The first-order valence-electron chi connectivity index (χ1n) is 9.26. The van der Waals surface area contributed by atoms with Crippen molar-refractivity contribution >= 4 is 17.2 Å². The molecule has 1 amide bonds. The van der Waals surface area contributed by atoms with Crippen LogP contribution in [0.15, 0.2) is 47.8 Å². The lowest BCUT2D eigenvalue weighted by Gasteiger charge is -2.36. The first-order valence-corrected chi connectivity index (χ1v) is 10.1. The van der Waals surface area contributed by atoms with Crippen LogP contribution in [0.5, 0.6) is 0 Å². The third kappa shape index (κ3) is 4.48. The Morgan fingerprint density at radius 3 is 2.44 bits per heavy atom. The van der Waals surface area contributed by atoms with Crippen molar-refractivity contribution in [1.29, 1.82) is 0 Å². The van der Waals surface area contributed by atoms with Crippen molar-refractivity contribution < 1.29 is 14.6 Å². The van der Waals surface area contributed by atoms with Crippen molar-refractivity contribution in [1.82, 2.24) is 5.32 Å². The molecule has 0 radical (unpaired) electrons. The van der Waals surface area contributed by atoms with Crippen molar-refractivity contribution in [2.24, 2.45) is 0 Å². The van der Waals surface area contributed by atoms with Gasteiger partial charge in [0.15, 0.2) is 0 Å². The Kier molecular flexibility index (Phi) is 6.24. The third-order valence-corrected chi connectivity index (χ3v) is 6.24. The SMILES string of the molecule is CC[NH+]1CC[NH+]([C@H](c2cccs2)[C@@H](C)NC(=O)c2ccccc2)CC1. The molecule has 1 aliphatic heterocycles. The minimum atomic E-state index is 0.0203. The fourth-order valence-corrected chi connectivity index (χ4v) is 4.81. The van der Waals surface area contributed by atoms with Gasteiger partial charge in [0.25, 0.3) is 5.91 Å². The lowest BCUT2D eigenvalue weighted by Crippen LogP contribution is -3.28. The van der Waals surface area contributed by atoms with E-state index in [0.29, 0.717) is 6.04 Å². The van der Waals surface area contributed by atoms with Gasteiger partial charge in [-0.05, 0) is 37.4 Å². The number of amides is 1. The molecule has 0 aliphatic carbocycles. The first-order chi connectivity index (χ1) is 12.2. The highest BCUT2D eigenvalue weighted by Crippen LogP contribution is 2.20. The highest BCUT2D eigenvalue weighted by molar-refractivity contribution is 7.10. The molecule has 2 atom stereocenters. The lowest BCUT2D eigenvalue weighted by atomic mass is 10.0. The molecule has 1 fully saturated rings. The van der Waals surface area contributed by atoms with E-state index in [0.717, 1.165) is 18.7 Å². The average molecular weight is 360 g/mol. The van der Waals surface area contributed by atoms with Crippen LogP contribution in [0.4, 0.5) is 0 Å². The second-order valence-electron chi connectivity index (χ2n) is 6.88. The van der Waals surface area contributed by atoms with Crippen molar-refractivity contribution in [3.63, 3.8) is 0 Å². The van der Waals surface area contributed by atoms with Gasteiger partial charge in [0, 0.05) is 5.56 Å². The molecule has 5 heteroatoms. The molecule has 134 valence electrons. The number of carbonyl (C=O) groups excluding carboxylic acids is 1. The Balaban J connectivity index is 1.72. The molecule has 0 saturated carbocycles. The molecule has 0 unspecified atom stereocenters. The van der Waals surface area contributed by atoms with E-state index in [1.54, 1.807) is 21.1 Å². The van der Waals surface area contributed by atoms with Crippen LogP contribution in [-0.2, 0) is 0 Å². The second kappa shape index (κ2) is 8.61. The summed E-state index contributed by atoms with van der Waals surface area (Å²) in [4.78, 5) is 17.2. The Morgan fingerprint density at radius 2 is 1.84 bits per heavy atom. The van der Waals surface area contributed by atoms with Gasteiger partial charge in [-0.2, -0.15) is 0 Å². The lowest BCUT2D eigenvalue weighted by molar-refractivity contribution is -1.03. The van der Waals surface area contributed by atoms with Gasteiger partial charge >= 0.3 is 0 Å². The summed E-state index contributed by atoms with van der Waals surface area (Å²) in [5.41, 5.74) is 0.731. The number of piperazine rings is 1. The Bertz CT molecular complexity index is 651. The average Bonchev–Trinajstić information content (AvgIpc) is 3.17. The van der Waals surface area contributed by atoms with Crippen molar-refractivity contribution in [2.45, 2.75) is 25.9 Å². The summed E-state index contributed by atoms with van der Waals surface area (Å²) < 4.78 is 0. The van der Waals surface area contributed by atoms with Gasteiger partial charge in [-0.3, -0.25) is 4.79 Å². The fourth-order valence-electron chi connectivity index (χ4n) is 3.82. The summed E-state index contributed by atoms with van der Waals surface area (Å²) in [6.07, 6.45) is 0. The smallest absolute Gasteiger partial charge is 0.251 e. The number of hydrogen-bond donors (Lipinski definition) is 3. The Morgan fingerprint density at radius 1 is 1.12 bits per heavy atom.